The van der Waals surface area contributed by atoms with Crippen LogP contribution < -0.4 is 15.1 Å². The molecule has 4 aliphatic rings. The molecule has 7 nitrogen and oxygen atoms in total. The maximum Gasteiger partial charge on any atom is 0.418 e. The van der Waals surface area contributed by atoms with Crippen LogP contribution in [0.15, 0.2) is 82.6 Å². The Labute approximate surface area is 286 Å². The first-order chi connectivity index (χ1) is 22.9. The molecular weight excluding hydrogens is 683 g/mol. The Morgan fingerprint density at radius 1 is 0.938 bits per heavy atom. The van der Waals surface area contributed by atoms with Gasteiger partial charge in [0.05, 0.1) is 33.8 Å². The van der Waals surface area contributed by atoms with Crippen LogP contribution in [0.25, 0.3) is 0 Å². The number of hydrogen-bond acceptors (Lipinski definition) is 6. The number of para-hydroxylation sites is 1. The molecule has 246 valence electrons. The first-order valence-electron chi connectivity index (χ1n) is 15.5. The number of thioether (sulfide) groups is 1. The molecule has 48 heavy (non-hydrogen) atoms. The summed E-state index contributed by atoms with van der Waals surface area (Å²) in [5.74, 6) is -2.74. The van der Waals surface area contributed by atoms with Gasteiger partial charge in [0.1, 0.15) is 6.54 Å². The number of nitrogens with one attached hydrogen (secondary N) is 1. The quantitative estimate of drug-likeness (QED) is 0.222. The summed E-state index contributed by atoms with van der Waals surface area (Å²) in [4.78, 5) is 56.4. The SMILES string of the molecule is Cc1ccc(N2C(=O)C3C4CC(C3C2=O)C2C(c3ccc(Cl)cc3)c3sc(=O)n(CC(=O)Nc5ccccc5C(F)(F)F)c3SC42)cc1. The number of rotatable bonds is 5. The van der Waals surface area contributed by atoms with E-state index in [9.17, 15) is 32.3 Å². The molecule has 3 amide bonds. The molecule has 2 aliphatic heterocycles. The molecule has 2 bridgehead atoms. The Kier molecular flexibility index (Phi) is 7.42. The standard InChI is InChI=1S/C35H27ClF3N3O4S2/c1-16-6-12-19(13-7-16)42-31(44)27-20-14-21(28(27)32(42)45)29-26(20)25(17-8-10-18(36)11-9-17)30-33(47-29)41(34(46)48-30)15-24(43)40-23-5-3-2-4-22(23)35(37,38)39/h2-13,20-21,25-29H,14-15H2,1H3,(H,40,43). The summed E-state index contributed by atoms with van der Waals surface area (Å²) in [6, 6.07) is 19.4. The van der Waals surface area contributed by atoms with Gasteiger partial charge in [-0.05, 0) is 73.1 Å². The number of fused-ring (bicyclic) bond motifs is 9. The highest BCUT2D eigenvalue weighted by Gasteiger charge is 2.69. The molecule has 3 aromatic carbocycles. The lowest BCUT2D eigenvalue weighted by atomic mass is 9.68. The minimum atomic E-state index is -4.67. The topological polar surface area (TPSA) is 88.5 Å². The molecule has 3 heterocycles. The van der Waals surface area contributed by atoms with E-state index in [1.54, 1.807) is 24.3 Å². The number of hydrogen-bond donors (Lipinski definition) is 1. The highest BCUT2D eigenvalue weighted by Crippen LogP contribution is 2.69. The zero-order valence-electron chi connectivity index (χ0n) is 25.2. The van der Waals surface area contributed by atoms with E-state index in [-0.39, 0.29) is 46.4 Å². The van der Waals surface area contributed by atoms with Gasteiger partial charge in [0, 0.05) is 21.1 Å². The monoisotopic (exact) mass is 709 g/mol. The van der Waals surface area contributed by atoms with Gasteiger partial charge < -0.3 is 5.32 Å². The second-order valence-electron chi connectivity index (χ2n) is 12.9. The molecule has 13 heteroatoms. The van der Waals surface area contributed by atoms with Crippen LogP contribution in [-0.2, 0) is 27.1 Å². The maximum absolute atomic E-state index is 14.0. The van der Waals surface area contributed by atoms with Crippen LogP contribution in [0.4, 0.5) is 24.5 Å². The van der Waals surface area contributed by atoms with E-state index in [4.69, 9.17) is 11.6 Å². The molecule has 2 saturated carbocycles. The number of alkyl halides is 3. The van der Waals surface area contributed by atoms with Crippen molar-refractivity contribution < 1.29 is 27.6 Å². The second-order valence-corrected chi connectivity index (χ2v) is 15.5. The Balaban J connectivity index is 1.16. The van der Waals surface area contributed by atoms with Gasteiger partial charge in [-0.3, -0.25) is 28.6 Å². The van der Waals surface area contributed by atoms with Crippen LogP contribution in [0, 0.1) is 36.5 Å². The minimum Gasteiger partial charge on any atom is -0.324 e. The Morgan fingerprint density at radius 2 is 1.60 bits per heavy atom. The third-order valence-corrected chi connectivity index (χ3v) is 13.3. The minimum absolute atomic E-state index is 0.0661. The Morgan fingerprint density at radius 3 is 2.29 bits per heavy atom. The van der Waals surface area contributed by atoms with Crippen LogP contribution in [0.3, 0.4) is 0 Å². The zero-order valence-corrected chi connectivity index (χ0v) is 27.6. The number of carbonyl (C=O) groups is 3. The number of aryl methyl sites for hydroxylation is 1. The molecule has 0 radical (unpaired) electrons. The predicted molar refractivity (Wildman–Crippen MR) is 177 cm³/mol. The van der Waals surface area contributed by atoms with Gasteiger partial charge in [0.2, 0.25) is 17.7 Å². The highest BCUT2D eigenvalue weighted by atomic mass is 35.5. The molecule has 7 unspecified atom stereocenters. The molecule has 8 rings (SSSR count). The molecule has 2 aliphatic carbocycles. The van der Waals surface area contributed by atoms with Crippen molar-refractivity contribution in [3.05, 3.63) is 109 Å². The zero-order chi connectivity index (χ0) is 33.6. The molecule has 7 atom stereocenters. The van der Waals surface area contributed by atoms with Gasteiger partial charge in [-0.2, -0.15) is 13.2 Å². The second kappa shape index (κ2) is 11.3. The lowest BCUT2D eigenvalue weighted by Gasteiger charge is -2.43. The molecule has 1 aromatic heterocycles. The van der Waals surface area contributed by atoms with Crippen LogP contribution in [-0.4, -0.2) is 27.5 Å². The van der Waals surface area contributed by atoms with Crippen molar-refractivity contribution in [2.45, 2.75) is 42.3 Å². The average Bonchev–Trinajstić information content (AvgIpc) is 3.76. The normalized spacial score (nSPS) is 27.2. The number of anilines is 2. The first kappa shape index (κ1) is 31.4. The van der Waals surface area contributed by atoms with Crippen molar-refractivity contribution in [3.8, 4) is 0 Å². The van der Waals surface area contributed by atoms with Crippen molar-refractivity contribution in [2.24, 2.45) is 29.6 Å². The summed E-state index contributed by atoms with van der Waals surface area (Å²) in [7, 11) is 0. The largest absolute Gasteiger partial charge is 0.418 e. The van der Waals surface area contributed by atoms with Gasteiger partial charge in [0.25, 0.3) is 0 Å². The third-order valence-electron chi connectivity index (χ3n) is 10.3. The molecule has 4 aromatic rings. The fraction of sp³-hybridized carbons (Fsp3) is 0.314. The molecule has 1 N–H and O–H groups in total. The smallest absolute Gasteiger partial charge is 0.324 e. The van der Waals surface area contributed by atoms with Crippen molar-refractivity contribution in [2.75, 3.05) is 10.2 Å². The number of halogens is 4. The molecular formula is C35H27ClF3N3O4S2. The van der Waals surface area contributed by atoms with Gasteiger partial charge in [0.15, 0.2) is 0 Å². The van der Waals surface area contributed by atoms with Crippen LogP contribution >= 0.6 is 34.7 Å². The van der Waals surface area contributed by atoms with Crippen molar-refractivity contribution in [3.63, 3.8) is 0 Å². The summed E-state index contributed by atoms with van der Waals surface area (Å²) >= 11 is 8.72. The van der Waals surface area contributed by atoms with E-state index in [2.05, 4.69) is 5.32 Å². The lowest BCUT2D eigenvalue weighted by Crippen LogP contribution is -2.43. The van der Waals surface area contributed by atoms with E-state index < -0.39 is 40.9 Å². The highest BCUT2D eigenvalue weighted by molar-refractivity contribution is 8.00. The number of aromatic nitrogens is 1. The maximum atomic E-state index is 14.0. The first-order valence-corrected chi connectivity index (χ1v) is 17.6. The Bertz CT molecular complexity index is 2050. The van der Waals surface area contributed by atoms with Gasteiger partial charge in [-0.15, -0.1) is 11.8 Å². The van der Waals surface area contributed by atoms with Crippen LogP contribution in [0.1, 0.15) is 33.9 Å². The van der Waals surface area contributed by atoms with Crippen molar-refractivity contribution in [1.82, 2.24) is 4.57 Å². The fourth-order valence-corrected chi connectivity index (χ4v) is 11.7. The van der Waals surface area contributed by atoms with Gasteiger partial charge in [-0.25, -0.2) is 0 Å². The summed E-state index contributed by atoms with van der Waals surface area (Å²) in [6.07, 6.45) is -3.98. The summed E-state index contributed by atoms with van der Waals surface area (Å²) < 4.78 is 42.2. The van der Waals surface area contributed by atoms with Gasteiger partial charge >= 0.3 is 11.0 Å². The fourth-order valence-electron chi connectivity index (χ4n) is 8.42. The number of thiazole rings is 1. The molecule has 1 saturated heterocycles. The van der Waals surface area contributed by atoms with Crippen LogP contribution in [0.2, 0.25) is 5.02 Å². The number of nitrogens with zero attached hydrogens (tertiary/aromatic N) is 2. The van der Waals surface area contributed by atoms with E-state index >= 15 is 0 Å². The van der Waals surface area contributed by atoms with Crippen LogP contribution in [0.5, 0.6) is 0 Å². The van der Waals surface area contributed by atoms with Gasteiger partial charge in [-0.1, -0.05) is 64.9 Å². The summed E-state index contributed by atoms with van der Waals surface area (Å²) in [5.41, 5.74) is 1.11. The summed E-state index contributed by atoms with van der Waals surface area (Å²) in [5, 5.41) is 3.33. The molecule has 3 fully saturated rings. The Hall–Kier alpha value is -3.87. The number of imide groups is 1. The van der Waals surface area contributed by atoms with Crippen molar-refractivity contribution >= 4 is 63.8 Å². The van der Waals surface area contributed by atoms with E-state index in [1.807, 2.05) is 31.2 Å². The van der Waals surface area contributed by atoms with Crippen molar-refractivity contribution in [1.29, 1.82) is 0 Å². The summed E-state index contributed by atoms with van der Waals surface area (Å²) in [6.45, 7) is 1.46. The number of benzene rings is 3. The van der Waals surface area contributed by atoms with E-state index in [0.29, 0.717) is 22.2 Å². The third kappa shape index (κ3) is 4.86. The van der Waals surface area contributed by atoms with E-state index in [1.165, 1.54) is 39.4 Å². The number of carbonyl (C=O) groups excluding carboxylic acids is 3. The molecule has 0 spiro atoms. The van der Waals surface area contributed by atoms with E-state index in [0.717, 1.165) is 33.4 Å². The lowest BCUT2D eigenvalue weighted by molar-refractivity contribution is -0.137. The number of amides is 3. The average molecular weight is 710 g/mol. The predicted octanol–water partition coefficient (Wildman–Crippen LogP) is 7.21.